The molecule has 3 aromatic rings. The highest BCUT2D eigenvalue weighted by atomic mass is 35.5. The topological polar surface area (TPSA) is 179 Å². The highest BCUT2D eigenvalue weighted by Crippen LogP contribution is 2.27. The smallest absolute Gasteiger partial charge is 0.305 e. The summed E-state index contributed by atoms with van der Waals surface area (Å²) < 4.78 is 6.14. The number of carbonyl (C=O) groups excluding carboxylic acids is 5. The summed E-state index contributed by atoms with van der Waals surface area (Å²) >= 11 is 7.47. The van der Waals surface area contributed by atoms with Crippen LogP contribution in [-0.2, 0) is 40.9 Å². The Bertz CT molecular complexity index is 1790. The molecular weight excluding hydrogens is 734 g/mol. The van der Waals surface area contributed by atoms with Gasteiger partial charge >= 0.3 is 5.97 Å². The zero-order valence-corrected chi connectivity index (χ0v) is 32.0. The predicted molar refractivity (Wildman–Crippen MR) is 205 cm³/mol. The Morgan fingerprint density at radius 1 is 0.926 bits per heavy atom. The molecule has 1 aliphatic heterocycles. The normalized spacial score (nSPS) is 16.9. The van der Waals surface area contributed by atoms with Crippen LogP contribution in [0.2, 0.25) is 5.02 Å². The number of aromatic hydroxyl groups is 1. The lowest BCUT2D eigenvalue weighted by Gasteiger charge is -2.31. The number of thioether (sulfide) groups is 1. The molecule has 54 heavy (non-hydrogen) atoms. The van der Waals surface area contributed by atoms with Gasteiger partial charge in [-0.05, 0) is 60.7 Å². The number of benzene rings is 3. The number of nitrogens with zero attached hydrogens (tertiary/aromatic N) is 1. The van der Waals surface area contributed by atoms with Gasteiger partial charge in [-0.25, -0.2) is 0 Å². The molecule has 0 aliphatic carbocycles. The highest BCUT2D eigenvalue weighted by Gasteiger charge is 2.45. The number of hydrogen-bond acceptors (Lipinski definition) is 9. The summed E-state index contributed by atoms with van der Waals surface area (Å²) in [6.07, 6.45) is -1.17. The number of hydrogen-bond donors (Lipinski definition) is 4. The van der Waals surface area contributed by atoms with E-state index in [0.29, 0.717) is 22.1 Å². The van der Waals surface area contributed by atoms with Crippen molar-refractivity contribution in [3.63, 3.8) is 0 Å². The number of Topliss-reactive ketones (excluding diaryl/α,β-unsaturated/α-hetero) is 2. The second-order valence-corrected chi connectivity index (χ2v) is 15.1. The lowest BCUT2D eigenvalue weighted by Crippen LogP contribution is -2.57. The molecule has 4 N–H and O–H groups in total. The Hall–Kier alpha value is -4.88. The number of phenols is 1. The van der Waals surface area contributed by atoms with Gasteiger partial charge in [-0.1, -0.05) is 74.0 Å². The van der Waals surface area contributed by atoms with E-state index in [-0.39, 0.29) is 43.1 Å². The third-order valence-corrected chi connectivity index (χ3v) is 10.4. The number of carboxylic acid groups (broad SMARTS) is 1. The number of halogens is 1. The monoisotopic (exact) mass is 779 g/mol. The molecule has 5 atom stereocenters. The van der Waals surface area contributed by atoms with Crippen LogP contribution >= 0.6 is 23.4 Å². The minimum absolute atomic E-state index is 0.0273. The summed E-state index contributed by atoms with van der Waals surface area (Å²) in [7, 11) is 0. The molecule has 3 aromatic carbocycles. The first-order chi connectivity index (χ1) is 25.7. The number of para-hydroxylation sites is 1. The average Bonchev–Trinajstić information content (AvgIpc) is 3.55. The van der Waals surface area contributed by atoms with E-state index in [1.165, 1.54) is 35.7 Å². The van der Waals surface area contributed by atoms with E-state index in [9.17, 15) is 39.0 Å². The quantitative estimate of drug-likeness (QED) is 0.132. The maximum absolute atomic E-state index is 14.4. The van der Waals surface area contributed by atoms with Crippen LogP contribution in [-0.4, -0.2) is 86.9 Å². The Kier molecular flexibility index (Phi) is 15.5. The number of ketones is 2. The summed E-state index contributed by atoms with van der Waals surface area (Å²) in [6.45, 7) is 4.84. The van der Waals surface area contributed by atoms with Crippen LogP contribution < -0.4 is 15.4 Å². The van der Waals surface area contributed by atoms with Crippen molar-refractivity contribution < 1.29 is 43.7 Å². The molecule has 1 saturated heterocycles. The number of nitrogens with one attached hydrogen (secondary N) is 2. The molecule has 1 aliphatic rings. The number of carbonyl (C=O) groups is 6. The maximum atomic E-state index is 14.4. The molecule has 14 heteroatoms. The molecule has 288 valence electrons. The first-order valence-corrected chi connectivity index (χ1v) is 19.2. The fourth-order valence-corrected chi connectivity index (χ4v) is 7.47. The van der Waals surface area contributed by atoms with Gasteiger partial charge in [0.2, 0.25) is 17.7 Å². The largest absolute Gasteiger partial charge is 0.508 e. The Morgan fingerprint density at radius 2 is 1.59 bits per heavy atom. The summed E-state index contributed by atoms with van der Waals surface area (Å²) in [6, 6.07) is 18.7. The number of amides is 3. The van der Waals surface area contributed by atoms with E-state index >= 15 is 0 Å². The van der Waals surface area contributed by atoms with Gasteiger partial charge in [0.25, 0.3) is 0 Å². The van der Waals surface area contributed by atoms with Crippen LogP contribution in [0.15, 0.2) is 78.9 Å². The second kappa shape index (κ2) is 20.0. The van der Waals surface area contributed by atoms with Gasteiger partial charge in [0.1, 0.15) is 35.5 Å². The Balaban J connectivity index is 1.54. The van der Waals surface area contributed by atoms with Crippen molar-refractivity contribution in [3.8, 4) is 11.5 Å². The third-order valence-electron chi connectivity index (χ3n) is 8.99. The van der Waals surface area contributed by atoms with Crippen LogP contribution in [0.25, 0.3) is 0 Å². The van der Waals surface area contributed by atoms with Crippen LogP contribution in [0.1, 0.15) is 51.2 Å². The van der Waals surface area contributed by atoms with E-state index in [1.54, 1.807) is 62.4 Å². The molecule has 4 rings (SSSR count). The van der Waals surface area contributed by atoms with E-state index in [4.69, 9.17) is 16.3 Å². The fraction of sp³-hybridized carbons (Fsp3) is 0.400. The minimum atomic E-state index is -1.37. The summed E-state index contributed by atoms with van der Waals surface area (Å²) in [5.74, 6) is -4.21. The number of ether oxygens (including phenoxy) is 1. The molecule has 1 fully saturated rings. The molecule has 1 heterocycles. The molecule has 0 saturated carbocycles. The molecule has 12 nitrogen and oxygen atoms in total. The van der Waals surface area contributed by atoms with Crippen molar-refractivity contribution in [2.24, 2.45) is 11.8 Å². The number of carboxylic acids is 1. The van der Waals surface area contributed by atoms with Gasteiger partial charge in [0.05, 0.1) is 24.8 Å². The van der Waals surface area contributed by atoms with E-state index in [2.05, 4.69) is 10.6 Å². The molecule has 0 unspecified atom stereocenters. The van der Waals surface area contributed by atoms with Gasteiger partial charge in [-0.3, -0.25) is 24.0 Å². The SMILES string of the molecule is CC(=O)C[C@@H](Cc1ccc(O)cc1)C(=O)N[C@H](C(=O)N1C[C@H](Oc2ccccc2)C[C@H]1C(=O)N[C@@H](CC(=O)O)C(=O)CSCc1ccccc1Cl)C(C)C. The number of aliphatic carboxylic acids is 1. The van der Waals surface area contributed by atoms with Crippen molar-refractivity contribution in [2.75, 3.05) is 12.3 Å². The van der Waals surface area contributed by atoms with Gasteiger partial charge in [-0.15, -0.1) is 11.8 Å². The van der Waals surface area contributed by atoms with Crippen molar-refractivity contribution in [3.05, 3.63) is 95.0 Å². The zero-order valence-electron chi connectivity index (χ0n) is 30.4. The molecular formula is C40H46ClN3O9S. The standard InChI is InChI=1S/C40H46ClN3O9S/c1-24(2)37(43-38(50)28(17-25(3)45)18-26-13-15-29(46)16-14-26)40(52)44-21-31(53-30-10-5-4-6-11-30)19-34(44)39(51)42-33(20-36(48)49)35(47)23-54-22-27-9-7-8-12-32(27)41/h4-16,24,28,31,33-34,37,46H,17-23H2,1-3H3,(H,42,51)(H,43,50)(H,48,49)/t28-,31+,33-,34-,37-/m0/s1. The Labute approximate surface area is 324 Å². The van der Waals surface area contributed by atoms with Gasteiger partial charge in [0.15, 0.2) is 5.78 Å². The molecule has 0 radical (unpaired) electrons. The second-order valence-electron chi connectivity index (χ2n) is 13.7. The van der Waals surface area contributed by atoms with E-state index in [0.717, 1.165) is 5.56 Å². The van der Waals surface area contributed by atoms with Crippen molar-refractivity contribution in [1.82, 2.24) is 15.5 Å². The molecule has 0 spiro atoms. The molecule has 3 amide bonds. The fourth-order valence-electron chi connectivity index (χ4n) is 6.22. The summed E-state index contributed by atoms with van der Waals surface area (Å²) in [5, 5.41) is 25.3. The van der Waals surface area contributed by atoms with Crippen LogP contribution in [0.4, 0.5) is 0 Å². The number of phenolic OH excluding ortho intramolecular Hbond substituents is 1. The van der Waals surface area contributed by atoms with Crippen LogP contribution in [0.3, 0.4) is 0 Å². The summed E-state index contributed by atoms with van der Waals surface area (Å²) in [4.78, 5) is 80.7. The molecule has 0 aromatic heterocycles. The maximum Gasteiger partial charge on any atom is 0.305 e. The van der Waals surface area contributed by atoms with Gasteiger partial charge in [-0.2, -0.15) is 0 Å². The van der Waals surface area contributed by atoms with Crippen LogP contribution in [0.5, 0.6) is 11.5 Å². The first-order valence-electron chi connectivity index (χ1n) is 17.7. The van der Waals surface area contributed by atoms with Crippen molar-refractivity contribution in [2.45, 2.75) is 76.4 Å². The van der Waals surface area contributed by atoms with Crippen molar-refractivity contribution >= 4 is 58.6 Å². The average molecular weight is 780 g/mol. The lowest BCUT2D eigenvalue weighted by atomic mass is 9.92. The van der Waals surface area contributed by atoms with E-state index in [1.807, 2.05) is 18.2 Å². The third kappa shape index (κ3) is 12.3. The van der Waals surface area contributed by atoms with Gasteiger partial charge in [0, 0.05) is 29.5 Å². The summed E-state index contributed by atoms with van der Waals surface area (Å²) in [5.41, 5.74) is 1.52. The number of likely N-dealkylation sites (tertiary alicyclic amines) is 1. The van der Waals surface area contributed by atoms with E-state index < -0.39 is 72.0 Å². The zero-order chi connectivity index (χ0) is 39.4. The van der Waals surface area contributed by atoms with Crippen molar-refractivity contribution in [1.29, 1.82) is 0 Å². The van der Waals surface area contributed by atoms with Gasteiger partial charge < -0.3 is 35.3 Å². The lowest BCUT2D eigenvalue weighted by molar-refractivity contribution is -0.144. The number of rotatable bonds is 19. The highest BCUT2D eigenvalue weighted by molar-refractivity contribution is 7.99. The minimum Gasteiger partial charge on any atom is -0.508 e. The Morgan fingerprint density at radius 3 is 2.22 bits per heavy atom. The first kappa shape index (κ1) is 41.9. The predicted octanol–water partition coefficient (Wildman–Crippen LogP) is 4.83. The van der Waals surface area contributed by atoms with Crippen LogP contribution in [0, 0.1) is 11.8 Å². The molecule has 0 bridgehead atoms.